The minimum Gasteiger partial charge on any atom is -0.289 e. The summed E-state index contributed by atoms with van der Waals surface area (Å²) in [5.74, 6) is 0.118. The van der Waals surface area contributed by atoms with Crippen LogP contribution in [0.15, 0.2) is 36.4 Å². The van der Waals surface area contributed by atoms with Gasteiger partial charge in [0.15, 0.2) is 5.75 Å². The van der Waals surface area contributed by atoms with E-state index in [9.17, 15) is 5.11 Å². The van der Waals surface area contributed by atoms with E-state index in [4.69, 9.17) is 0 Å². The summed E-state index contributed by atoms with van der Waals surface area (Å²) >= 11 is 0. The van der Waals surface area contributed by atoms with E-state index in [1.165, 1.54) is 5.56 Å². The first kappa shape index (κ1) is 8.11. The molecule has 13 heavy (non-hydrogen) atoms. The van der Waals surface area contributed by atoms with Crippen molar-refractivity contribution >= 4 is 10.8 Å². The van der Waals surface area contributed by atoms with Gasteiger partial charge in [0.25, 0.3) is 0 Å². The molecular weight excluding hydrogens is 160 g/mol. The van der Waals surface area contributed by atoms with Gasteiger partial charge in [-0.05, 0) is 29.5 Å². The quantitative estimate of drug-likeness (QED) is 0.625. The molecular formula is C12H11O. The Hall–Kier alpha value is -1.50. The van der Waals surface area contributed by atoms with Crippen LogP contribution in [0.5, 0.6) is 5.75 Å². The molecule has 0 aliphatic rings. The fraction of sp³-hybridized carbons (Fsp3) is 0.167. The molecule has 0 unspecified atom stereocenters. The molecule has 0 N–H and O–H groups in total. The highest BCUT2D eigenvalue weighted by Gasteiger charge is 2.00. The van der Waals surface area contributed by atoms with Crippen LogP contribution >= 0.6 is 0 Å². The molecule has 0 spiro atoms. The van der Waals surface area contributed by atoms with E-state index >= 15 is 0 Å². The van der Waals surface area contributed by atoms with Crippen molar-refractivity contribution in [2.75, 3.05) is 0 Å². The van der Waals surface area contributed by atoms with E-state index in [-0.39, 0.29) is 5.75 Å². The molecule has 1 heteroatoms. The molecule has 1 radical (unpaired) electrons. The van der Waals surface area contributed by atoms with Crippen molar-refractivity contribution in [3.63, 3.8) is 0 Å². The van der Waals surface area contributed by atoms with E-state index < -0.39 is 0 Å². The summed E-state index contributed by atoms with van der Waals surface area (Å²) < 4.78 is 0. The predicted octanol–water partition coefficient (Wildman–Crippen LogP) is 3.55. The van der Waals surface area contributed by atoms with Gasteiger partial charge in [-0.1, -0.05) is 31.2 Å². The van der Waals surface area contributed by atoms with E-state index in [0.717, 1.165) is 17.2 Å². The second kappa shape index (κ2) is 3.09. The third-order valence-electron chi connectivity index (χ3n) is 2.31. The van der Waals surface area contributed by atoms with Crippen molar-refractivity contribution in [3.05, 3.63) is 42.0 Å². The number of hydrogen-bond donors (Lipinski definition) is 0. The molecule has 0 bridgehead atoms. The van der Waals surface area contributed by atoms with Gasteiger partial charge in [-0.25, -0.2) is 0 Å². The summed E-state index contributed by atoms with van der Waals surface area (Å²) in [5, 5.41) is 13.3. The van der Waals surface area contributed by atoms with Crippen LogP contribution in [0.4, 0.5) is 0 Å². The molecule has 65 valence electrons. The number of hydrogen-bond acceptors (Lipinski definition) is 0. The van der Waals surface area contributed by atoms with Gasteiger partial charge < -0.3 is 0 Å². The van der Waals surface area contributed by atoms with Crippen LogP contribution in [-0.2, 0) is 11.5 Å². The van der Waals surface area contributed by atoms with Crippen molar-refractivity contribution in [2.45, 2.75) is 13.3 Å². The molecule has 0 aliphatic heterocycles. The molecule has 0 atom stereocenters. The maximum Gasteiger partial charge on any atom is 0.186 e. The Balaban J connectivity index is 2.74. The third kappa shape index (κ3) is 1.37. The van der Waals surface area contributed by atoms with Crippen LogP contribution in [0.2, 0.25) is 0 Å². The van der Waals surface area contributed by atoms with Crippen LogP contribution in [0.3, 0.4) is 0 Å². The van der Waals surface area contributed by atoms with Crippen LogP contribution in [0.25, 0.3) is 10.8 Å². The SMILES string of the molecule is CCc1ccc2cccc([O])c2c1. The minimum absolute atomic E-state index is 0.118. The Morgan fingerprint density at radius 1 is 1.15 bits per heavy atom. The lowest BCUT2D eigenvalue weighted by molar-refractivity contribution is 0.360. The van der Waals surface area contributed by atoms with Crippen molar-refractivity contribution in [1.29, 1.82) is 0 Å². The predicted molar refractivity (Wildman–Crippen MR) is 53.5 cm³/mol. The second-order valence-corrected chi connectivity index (χ2v) is 3.17. The first-order chi connectivity index (χ1) is 6.31. The maximum absolute atomic E-state index is 11.4. The summed E-state index contributed by atoms with van der Waals surface area (Å²) in [6.07, 6.45) is 0.976. The Bertz CT molecular complexity index is 432. The molecule has 2 aromatic rings. The number of rotatable bonds is 1. The first-order valence-electron chi connectivity index (χ1n) is 4.50. The highest BCUT2D eigenvalue weighted by molar-refractivity contribution is 5.88. The molecule has 0 amide bonds. The summed E-state index contributed by atoms with van der Waals surface area (Å²) in [5.41, 5.74) is 1.22. The van der Waals surface area contributed by atoms with Gasteiger partial charge in [0.05, 0.1) is 0 Å². The zero-order valence-electron chi connectivity index (χ0n) is 7.58. The Kier molecular flexibility index (Phi) is 1.93. The van der Waals surface area contributed by atoms with Crippen molar-refractivity contribution < 1.29 is 5.11 Å². The topological polar surface area (TPSA) is 19.9 Å². The van der Waals surface area contributed by atoms with Gasteiger partial charge in [-0.3, -0.25) is 5.11 Å². The molecule has 0 fully saturated rings. The maximum atomic E-state index is 11.4. The van der Waals surface area contributed by atoms with Gasteiger partial charge in [-0.2, -0.15) is 0 Å². The Morgan fingerprint density at radius 3 is 2.77 bits per heavy atom. The first-order valence-corrected chi connectivity index (χ1v) is 4.50. The lowest BCUT2D eigenvalue weighted by Crippen LogP contribution is -1.80. The van der Waals surface area contributed by atoms with Gasteiger partial charge in [-0.15, -0.1) is 0 Å². The lowest BCUT2D eigenvalue weighted by atomic mass is 10.1. The summed E-state index contributed by atoms with van der Waals surface area (Å²) in [6, 6.07) is 11.4. The standard InChI is InChI=1S/C12H11O/c1-2-9-6-7-10-4-3-5-12(13)11(10)8-9/h3-8H,2H2,1H3. The van der Waals surface area contributed by atoms with Crippen LogP contribution < -0.4 is 0 Å². The molecule has 2 aromatic carbocycles. The second-order valence-electron chi connectivity index (χ2n) is 3.17. The van der Waals surface area contributed by atoms with E-state index in [0.29, 0.717) is 0 Å². The molecule has 2 rings (SSSR count). The normalized spacial score (nSPS) is 10.5. The van der Waals surface area contributed by atoms with E-state index in [1.54, 1.807) is 12.1 Å². The monoisotopic (exact) mass is 171 g/mol. The van der Waals surface area contributed by atoms with Gasteiger partial charge in [0.1, 0.15) is 0 Å². The number of aryl methyl sites for hydroxylation is 1. The van der Waals surface area contributed by atoms with E-state index in [1.807, 2.05) is 18.2 Å². The molecule has 0 aliphatic carbocycles. The summed E-state index contributed by atoms with van der Waals surface area (Å²) in [6.45, 7) is 2.09. The van der Waals surface area contributed by atoms with Gasteiger partial charge in [0, 0.05) is 5.39 Å². The summed E-state index contributed by atoms with van der Waals surface area (Å²) in [7, 11) is 0. The molecule has 1 nitrogen and oxygen atoms in total. The van der Waals surface area contributed by atoms with Gasteiger partial charge >= 0.3 is 0 Å². The highest BCUT2D eigenvalue weighted by atomic mass is 16.3. The average molecular weight is 171 g/mol. The highest BCUT2D eigenvalue weighted by Crippen LogP contribution is 2.25. The largest absolute Gasteiger partial charge is 0.289 e. The summed E-state index contributed by atoms with van der Waals surface area (Å²) in [4.78, 5) is 0. The van der Waals surface area contributed by atoms with Gasteiger partial charge in [0.2, 0.25) is 0 Å². The Morgan fingerprint density at radius 2 is 2.00 bits per heavy atom. The van der Waals surface area contributed by atoms with Crippen LogP contribution in [0.1, 0.15) is 12.5 Å². The third-order valence-corrected chi connectivity index (χ3v) is 2.31. The smallest absolute Gasteiger partial charge is 0.186 e. The van der Waals surface area contributed by atoms with Crippen molar-refractivity contribution in [3.8, 4) is 5.75 Å². The molecule has 0 heterocycles. The zero-order chi connectivity index (χ0) is 9.26. The number of benzene rings is 2. The van der Waals surface area contributed by atoms with Crippen molar-refractivity contribution in [1.82, 2.24) is 0 Å². The Labute approximate surface area is 77.6 Å². The zero-order valence-corrected chi connectivity index (χ0v) is 7.58. The minimum atomic E-state index is 0.118. The lowest BCUT2D eigenvalue weighted by Gasteiger charge is -2.01. The van der Waals surface area contributed by atoms with Crippen LogP contribution in [-0.4, -0.2) is 0 Å². The molecule has 0 aromatic heterocycles. The fourth-order valence-corrected chi connectivity index (χ4v) is 1.51. The van der Waals surface area contributed by atoms with E-state index in [2.05, 4.69) is 13.0 Å². The van der Waals surface area contributed by atoms with Crippen molar-refractivity contribution in [2.24, 2.45) is 0 Å². The number of fused-ring (bicyclic) bond motifs is 1. The molecule has 0 saturated carbocycles. The fourth-order valence-electron chi connectivity index (χ4n) is 1.51. The molecule has 0 saturated heterocycles. The average Bonchev–Trinajstić information content (AvgIpc) is 2.18. The van der Waals surface area contributed by atoms with Crippen LogP contribution in [0, 0.1) is 0 Å².